The summed E-state index contributed by atoms with van der Waals surface area (Å²) in [7, 11) is 2.28. The molecule has 0 radical (unpaired) electrons. The van der Waals surface area contributed by atoms with Crippen molar-refractivity contribution in [2.24, 2.45) is 5.92 Å². The quantitative estimate of drug-likeness (QED) is 0.0320. The Morgan fingerprint density at radius 3 is 1.52 bits per heavy atom. The second-order valence-electron chi connectivity index (χ2n) is 34.4. The number of methoxy groups -OCH3 is 5. The number of benzene rings is 7. The molecule has 0 aromatic heterocycles. The summed E-state index contributed by atoms with van der Waals surface area (Å²) in [6.45, 7) is 27.4. The summed E-state index contributed by atoms with van der Waals surface area (Å²) in [5.74, 6) is -7.82. The van der Waals surface area contributed by atoms with Gasteiger partial charge in [-0.3, -0.25) is 38.5 Å². The predicted octanol–water partition coefficient (Wildman–Crippen LogP) is 14.4. The SMILES string of the molecule is COc1ccc(C(NC(=O)C[C@@H]2NC(=O)[C@H](NC(=O)[C@@H](CC(C)C)N(C)C(=O)OC(C)(C)C)[C@H](O[Si](C)(C)C(C)(C)C)c3ccc(c(Cl)c3)Oc3cc4cc(c3O)Oc3ccc(cc3Cl)[C@@H](O[Si](C)(C)C(C)(C)C)[C@@H]3NC(=O)[C@H](NC(=O)[C@@H]4NC2=O)c2ccc(OC)c(c2)-c2c(OC)cc(OC)cc2[C@@H](CO)NC3=O)c2ccc(OC)cc2)cc1. The summed E-state index contributed by atoms with van der Waals surface area (Å²) in [5, 5.41) is 43.4. The largest absolute Gasteiger partial charge is 0.502 e. The number of carbonyl (C=O) groups is 8. The van der Waals surface area contributed by atoms with Crippen LogP contribution in [0.4, 0.5) is 4.79 Å². The molecule has 644 valence electrons. The molecule has 11 bridgehead atoms. The Balaban J connectivity index is 1.26. The van der Waals surface area contributed by atoms with Gasteiger partial charge in [0.05, 0.1) is 82.9 Å². The number of nitrogens with zero attached hydrogens (tertiary/aromatic N) is 1. The van der Waals surface area contributed by atoms with E-state index < -0.39 is 171 Å². The summed E-state index contributed by atoms with van der Waals surface area (Å²) in [5.41, 5.74) is 0.969. The van der Waals surface area contributed by atoms with Crippen molar-refractivity contribution in [1.82, 2.24) is 42.1 Å². The van der Waals surface area contributed by atoms with Crippen LogP contribution in [0.5, 0.6) is 57.5 Å². The lowest BCUT2D eigenvalue weighted by molar-refractivity contribution is -0.138. The number of fused-ring (bicyclic) bond motifs is 15. The van der Waals surface area contributed by atoms with Crippen LogP contribution in [0.25, 0.3) is 11.1 Å². The van der Waals surface area contributed by atoms with Crippen LogP contribution in [0, 0.1) is 5.92 Å². The minimum Gasteiger partial charge on any atom is -0.502 e. The first-order valence-corrected chi connectivity index (χ1v) is 46.0. The van der Waals surface area contributed by atoms with Crippen LogP contribution in [0.1, 0.15) is 164 Å². The third-order valence-electron chi connectivity index (χ3n) is 22.4. The van der Waals surface area contributed by atoms with Gasteiger partial charge in [-0.15, -0.1) is 0 Å². The number of aliphatic hydroxyl groups excluding tert-OH is 1. The molecule has 9 atom stereocenters. The zero-order valence-electron chi connectivity index (χ0n) is 71.5. The van der Waals surface area contributed by atoms with E-state index in [0.717, 1.165) is 4.90 Å². The Kier molecular flexibility index (Phi) is 28.4. The monoisotopic (exact) mass is 1720 g/mol. The summed E-state index contributed by atoms with van der Waals surface area (Å²) in [6, 6.07) is 19.2. The van der Waals surface area contributed by atoms with Crippen molar-refractivity contribution in [3.05, 3.63) is 176 Å². The zero-order valence-corrected chi connectivity index (χ0v) is 75.1. The van der Waals surface area contributed by atoms with Crippen molar-refractivity contribution in [3.63, 3.8) is 0 Å². The second kappa shape index (κ2) is 37.2. The Bertz CT molecular complexity index is 4950. The van der Waals surface area contributed by atoms with Crippen molar-refractivity contribution >= 4 is 87.3 Å². The van der Waals surface area contributed by atoms with E-state index in [-0.39, 0.29) is 90.1 Å². The van der Waals surface area contributed by atoms with E-state index in [2.05, 4.69) is 37.2 Å². The van der Waals surface area contributed by atoms with E-state index in [9.17, 15) is 15.0 Å². The van der Waals surface area contributed by atoms with Gasteiger partial charge in [0.1, 0.15) is 82.1 Å². The maximum absolute atomic E-state index is 16.8. The van der Waals surface area contributed by atoms with Crippen molar-refractivity contribution in [2.75, 3.05) is 49.2 Å². The molecule has 0 saturated heterocycles. The predicted molar refractivity (Wildman–Crippen MR) is 458 cm³/mol. The standard InChI is InChI=1S/C88H110Cl2N8O20Si2/c1-46(2)36-62(98(12)85(108)116-86(3,4)5)80(103)96-74-77(117-119(18,19)87(6,7)8)50-27-34-64(58(89)38-50)114-67-40-52-41-68(76(67)101)115-65-35-28-51(39-59(65)90)78(118-120(20,21)88(9,10)11)75-84(107)92-61(45-99)56-42-55(111-15)43-66(113-17)70(56)57-37-49(26-33-63(57)112-16)72(81(104)97-75)95-82(105)73(52)94-79(102)60(91-83(74)106)44-69(100)93-71(47-22-29-53(109-13)30-23-47)48-24-31-54(110-14)32-25-48/h22-35,37-43,46,60-62,71-75,77-78,99,101H,36,44-45H2,1-21H3,(H,91,106)(H,92,107)(H,93,100)(H,94,102)(H,95,105)(H,96,103)(H,97,104)/t60-,61+,62+,72+,73+,74+,75-,77+,78+/m0/s1. The molecule has 5 aliphatic rings. The van der Waals surface area contributed by atoms with E-state index in [0.29, 0.717) is 22.6 Å². The van der Waals surface area contributed by atoms with Crippen molar-refractivity contribution in [1.29, 1.82) is 0 Å². The highest BCUT2D eigenvalue weighted by molar-refractivity contribution is 6.74. The van der Waals surface area contributed by atoms with Crippen LogP contribution in [0.15, 0.2) is 127 Å². The molecule has 12 rings (SSSR count). The molecule has 8 amide bonds. The topological polar surface area (TPSA) is 357 Å². The van der Waals surface area contributed by atoms with Crippen LogP contribution in [0.2, 0.25) is 46.3 Å². The molecule has 7 aromatic carbocycles. The Morgan fingerprint density at radius 1 is 0.542 bits per heavy atom. The van der Waals surface area contributed by atoms with E-state index in [1.807, 2.05) is 81.6 Å². The second-order valence-corrected chi connectivity index (χ2v) is 44.8. The average Bonchev–Trinajstić information content (AvgIpc) is 0.760. The number of halogens is 2. The molecule has 0 fully saturated rings. The van der Waals surface area contributed by atoms with Crippen molar-refractivity contribution in [3.8, 4) is 68.6 Å². The van der Waals surface area contributed by atoms with Gasteiger partial charge in [0.15, 0.2) is 28.1 Å². The number of amides is 8. The summed E-state index contributed by atoms with van der Waals surface area (Å²) >= 11 is 14.8. The first-order valence-electron chi connectivity index (χ1n) is 39.4. The van der Waals surface area contributed by atoms with Gasteiger partial charge in [-0.05, 0) is 187 Å². The van der Waals surface area contributed by atoms with Gasteiger partial charge in [-0.1, -0.05) is 121 Å². The lowest BCUT2D eigenvalue weighted by atomic mass is 9.89. The third kappa shape index (κ3) is 20.9. The number of likely N-dealkylation sites (N-methyl/N-ethyl adjacent to an activating group) is 1. The van der Waals surface area contributed by atoms with Crippen LogP contribution in [-0.2, 0) is 47.2 Å². The van der Waals surface area contributed by atoms with Crippen LogP contribution in [0.3, 0.4) is 0 Å². The van der Waals surface area contributed by atoms with Gasteiger partial charge in [0, 0.05) is 24.2 Å². The minimum absolute atomic E-state index is 0.0214. The molecule has 28 nitrogen and oxygen atoms in total. The highest BCUT2D eigenvalue weighted by Gasteiger charge is 2.49. The molecule has 0 unspecified atom stereocenters. The molecule has 5 heterocycles. The van der Waals surface area contributed by atoms with E-state index in [4.69, 9.17) is 69.9 Å². The number of hydrogen-bond acceptors (Lipinski definition) is 20. The van der Waals surface area contributed by atoms with E-state index >= 15 is 33.6 Å². The number of carbonyl (C=O) groups excluding carboxylic acids is 8. The van der Waals surface area contributed by atoms with Gasteiger partial charge >= 0.3 is 6.09 Å². The molecule has 9 N–H and O–H groups in total. The highest BCUT2D eigenvalue weighted by Crippen LogP contribution is 2.51. The number of ether oxygens (including phenoxy) is 8. The van der Waals surface area contributed by atoms with E-state index in [1.54, 1.807) is 93.6 Å². The smallest absolute Gasteiger partial charge is 0.410 e. The number of phenolic OH excluding ortho intramolecular Hbond substituents is 1. The summed E-state index contributed by atoms with van der Waals surface area (Å²) in [6.07, 6.45) is -4.76. The lowest BCUT2D eigenvalue weighted by Gasteiger charge is -2.42. The molecular formula is C88H110Cl2N8O20Si2. The summed E-state index contributed by atoms with van der Waals surface area (Å²) in [4.78, 5) is 129. The first kappa shape index (κ1) is 91.7. The average molecular weight is 1730 g/mol. The Labute approximate surface area is 712 Å². The number of nitrogens with one attached hydrogen (secondary N) is 7. The number of aliphatic hydroxyl groups is 1. The molecular weight excluding hydrogens is 1620 g/mol. The zero-order chi connectivity index (χ0) is 88.2. The Hall–Kier alpha value is -10.6. The molecule has 32 heteroatoms. The van der Waals surface area contributed by atoms with Gasteiger partial charge in [0.2, 0.25) is 47.1 Å². The van der Waals surface area contributed by atoms with Gasteiger partial charge in [-0.2, -0.15) is 0 Å². The first-order chi connectivity index (χ1) is 56.3. The third-order valence-corrected chi connectivity index (χ3v) is 31.9. The highest BCUT2D eigenvalue weighted by atomic mass is 35.5. The molecule has 0 aliphatic carbocycles. The number of phenols is 1. The molecule has 5 aliphatic heterocycles. The number of hydrogen-bond donors (Lipinski definition) is 9. The van der Waals surface area contributed by atoms with Crippen molar-refractivity contribution in [2.45, 2.75) is 191 Å². The van der Waals surface area contributed by atoms with Crippen LogP contribution in [-0.4, -0.2) is 158 Å². The normalized spacial score (nSPS) is 19.5. The lowest BCUT2D eigenvalue weighted by Crippen LogP contribution is -2.61. The fraction of sp³-hybridized carbons (Fsp3) is 0.432. The fourth-order valence-electron chi connectivity index (χ4n) is 13.7. The van der Waals surface area contributed by atoms with Gasteiger partial charge in [0.25, 0.3) is 0 Å². The molecule has 0 spiro atoms. The minimum atomic E-state index is -3.22. The van der Waals surface area contributed by atoms with Crippen molar-refractivity contribution < 1.29 is 95.3 Å². The fourth-order valence-corrected chi connectivity index (χ4v) is 16.7. The number of aromatic hydroxyl groups is 1. The molecule has 120 heavy (non-hydrogen) atoms. The maximum Gasteiger partial charge on any atom is 0.410 e. The maximum atomic E-state index is 16.8. The van der Waals surface area contributed by atoms with Crippen LogP contribution < -0.4 is 70.4 Å². The van der Waals surface area contributed by atoms with Crippen LogP contribution >= 0.6 is 23.2 Å². The van der Waals surface area contributed by atoms with Gasteiger partial charge < -0.3 is 94.2 Å². The number of rotatable bonds is 20. The van der Waals surface area contributed by atoms with E-state index in [1.165, 1.54) is 97.2 Å². The molecule has 0 saturated carbocycles. The Morgan fingerprint density at radius 2 is 1.03 bits per heavy atom. The van der Waals surface area contributed by atoms with Gasteiger partial charge in [-0.25, -0.2) is 4.79 Å². The summed E-state index contributed by atoms with van der Waals surface area (Å²) < 4.78 is 62.7. The molecule has 7 aromatic rings.